The average molecular weight is 415 g/mol. The highest BCUT2D eigenvalue weighted by Gasteiger charge is 2.17. The number of rotatable bonds is 9. The minimum Gasteiger partial charge on any atom is -0.374 e. The maximum Gasteiger partial charge on any atom is 0.0720 e. The molecule has 3 saturated carbocycles. The first-order chi connectivity index (χ1) is 14.8. The summed E-state index contributed by atoms with van der Waals surface area (Å²) < 4.78 is 18.9. The summed E-state index contributed by atoms with van der Waals surface area (Å²) in [4.78, 5) is 0. The van der Waals surface area contributed by atoms with Crippen molar-refractivity contribution in [2.75, 3.05) is 0 Å². The summed E-state index contributed by atoms with van der Waals surface area (Å²) in [6.07, 6.45) is 20.7. The highest BCUT2D eigenvalue weighted by atomic mass is 16.5. The van der Waals surface area contributed by atoms with E-state index >= 15 is 0 Å². The van der Waals surface area contributed by atoms with E-state index in [0.29, 0.717) is 18.3 Å². The summed E-state index contributed by atoms with van der Waals surface area (Å²) in [6, 6.07) is 6.90. The lowest BCUT2D eigenvalue weighted by Crippen LogP contribution is -2.18. The first-order valence-electron chi connectivity index (χ1n) is 12.8. The van der Waals surface area contributed by atoms with Crippen LogP contribution in [-0.2, 0) is 34.0 Å². The molecule has 3 aliphatic carbocycles. The van der Waals surface area contributed by atoms with Crippen LogP contribution in [0.3, 0.4) is 0 Å². The molecule has 0 atom stereocenters. The van der Waals surface area contributed by atoms with Crippen LogP contribution < -0.4 is 0 Å². The van der Waals surface area contributed by atoms with Crippen molar-refractivity contribution in [3.63, 3.8) is 0 Å². The van der Waals surface area contributed by atoms with Crippen molar-refractivity contribution in [3.05, 3.63) is 34.9 Å². The van der Waals surface area contributed by atoms with E-state index in [0.717, 1.165) is 19.8 Å². The molecule has 0 heterocycles. The topological polar surface area (TPSA) is 27.7 Å². The van der Waals surface area contributed by atoms with Crippen LogP contribution in [0.2, 0.25) is 0 Å². The van der Waals surface area contributed by atoms with Gasteiger partial charge < -0.3 is 14.2 Å². The van der Waals surface area contributed by atoms with Crippen LogP contribution in [0.15, 0.2) is 18.2 Å². The van der Waals surface area contributed by atoms with Gasteiger partial charge in [-0.1, -0.05) is 76.0 Å². The minimum atomic E-state index is 0.447. The summed E-state index contributed by atoms with van der Waals surface area (Å²) in [5, 5.41) is 0. The average Bonchev–Trinajstić information content (AvgIpc) is 2.82. The fraction of sp³-hybridized carbons (Fsp3) is 0.778. The van der Waals surface area contributed by atoms with Crippen LogP contribution in [0.5, 0.6) is 0 Å². The van der Waals surface area contributed by atoms with Gasteiger partial charge in [0.2, 0.25) is 0 Å². The van der Waals surface area contributed by atoms with Gasteiger partial charge in [0.15, 0.2) is 0 Å². The van der Waals surface area contributed by atoms with E-state index in [1.807, 2.05) is 0 Å². The molecule has 0 spiro atoms. The smallest absolute Gasteiger partial charge is 0.0720 e. The normalized spacial score (nSPS) is 22.4. The predicted octanol–water partition coefficient (Wildman–Crippen LogP) is 7.23. The highest BCUT2D eigenvalue weighted by molar-refractivity contribution is 5.29. The Morgan fingerprint density at radius 2 is 0.700 bits per heavy atom. The van der Waals surface area contributed by atoms with Crippen LogP contribution in [0.25, 0.3) is 0 Å². The maximum atomic E-state index is 6.29. The molecule has 4 rings (SSSR count). The fourth-order valence-corrected chi connectivity index (χ4v) is 5.43. The summed E-state index contributed by atoms with van der Waals surface area (Å²) in [5.74, 6) is 0. The first-order valence-corrected chi connectivity index (χ1v) is 12.8. The molecule has 30 heavy (non-hydrogen) atoms. The molecule has 0 bridgehead atoms. The van der Waals surface area contributed by atoms with Crippen molar-refractivity contribution in [1.82, 2.24) is 0 Å². The Balaban J connectivity index is 1.36. The van der Waals surface area contributed by atoms with E-state index in [2.05, 4.69) is 18.2 Å². The van der Waals surface area contributed by atoms with Gasteiger partial charge in [-0.2, -0.15) is 0 Å². The third-order valence-corrected chi connectivity index (χ3v) is 7.23. The van der Waals surface area contributed by atoms with E-state index in [-0.39, 0.29) is 0 Å². The lowest BCUT2D eigenvalue weighted by atomic mass is 9.97. The zero-order valence-corrected chi connectivity index (χ0v) is 18.9. The second-order valence-electron chi connectivity index (χ2n) is 9.87. The number of ether oxygens (including phenoxy) is 3. The Hall–Kier alpha value is -0.900. The lowest BCUT2D eigenvalue weighted by Gasteiger charge is -2.24. The SMILES string of the molecule is c1c(COC2CCCCC2)cc(COC2CCCCC2)cc1COC1CCCCC1. The molecule has 0 radical (unpaired) electrons. The van der Waals surface area contributed by atoms with Gasteiger partial charge in [0.25, 0.3) is 0 Å². The minimum absolute atomic E-state index is 0.447. The van der Waals surface area contributed by atoms with Gasteiger partial charge in [0, 0.05) is 0 Å². The number of hydrogen-bond donors (Lipinski definition) is 0. The van der Waals surface area contributed by atoms with Crippen LogP contribution >= 0.6 is 0 Å². The summed E-state index contributed by atoms with van der Waals surface area (Å²) in [6.45, 7) is 2.16. The Kier molecular flexibility index (Phi) is 9.08. The van der Waals surface area contributed by atoms with Crippen molar-refractivity contribution >= 4 is 0 Å². The van der Waals surface area contributed by atoms with Crippen molar-refractivity contribution in [2.24, 2.45) is 0 Å². The van der Waals surface area contributed by atoms with E-state index in [9.17, 15) is 0 Å². The van der Waals surface area contributed by atoms with Gasteiger partial charge in [-0.3, -0.25) is 0 Å². The molecule has 3 aliphatic rings. The molecule has 0 aromatic heterocycles. The molecule has 0 aliphatic heterocycles. The molecule has 168 valence electrons. The molecule has 1 aromatic rings. The van der Waals surface area contributed by atoms with Crippen molar-refractivity contribution in [2.45, 2.75) is 134 Å². The lowest BCUT2D eigenvalue weighted by molar-refractivity contribution is 0.0119. The van der Waals surface area contributed by atoms with Crippen LogP contribution in [0.1, 0.15) is 113 Å². The zero-order chi connectivity index (χ0) is 20.4. The third-order valence-electron chi connectivity index (χ3n) is 7.23. The highest BCUT2D eigenvalue weighted by Crippen LogP contribution is 2.25. The molecule has 0 amide bonds. The van der Waals surface area contributed by atoms with Crippen LogP contribution in [0.4, 0.5) is 0 Å². The summed E-state index contributed by atoms with van der Waals surface area (Å²) in [5.41, 5.74) is 3.85. The van der Waals surface area contributed by atoms with E-state index in [1.54, 1.807) is 0 Å². The predicted molar refractivity (Wildman–Crippen MR) is 121 cm³/mol. The van der Waals surface area contributed by atoms with Crippen molar-refractivity contribution in [3.8, 4) is 0 Å². The summed E-state index contributed by atoms with van der Waals surface area (Å²) in [7, 11) is 0. The molecule has 3 heteroatoms. The molecule has 0 unspecified atom stereocenters. The molecule has 3 fully saturated rings. The Morgan fingerprint density at radius 1 is 0.433 bits per heavy atom. The van der Waals surface area contributed by atoms with Gasteiger partial charge in [-0.25, -0.2) is 0 Å². The van der Waals surface area contributed by atoms with Gasteiger partial charge in [-0.15, -0.1) is 0 Å². The zero-order valence-electron chi connectivity index (χ0n) is 18.9. The second-order valence-corrected chi connectivity index (χ2v) is 9.87. The van der Waals surface area contributed by atoms with E-state index in [1.165, 1.54) is 113 Å². The standard InChI is InChI=1S/C27H42O3/c1-4-10-25(11-5-1)28-19-22-16-23(20-29-26-12-6-2-7-13-26)18-24(17-22)21-30-27-14-8-3-9-15-27/h16-18,25-27H,1-15,19-21H2. The molecule has 0 N–H and O–H groups in total. The molecule has 3 nitrogen and oxygen atoms in total. The summed E-state index contributed by atoms with van der Waals surface area (Å²) >= 11 is 0. The van der Waals surface area contributed by atoms with Gasteiger partial charge in [0.05, 0.1) is 38.1 Å². The Bertz CT molecular complexity index is 513. The molecule has 0 saturated heterocycles. The molecular formula is C27H42O3. The van der Waals surface area contributed by atoms with Gasteiger partial charge >= 0.3 is 0 Å². The fourth-order valence-electron chi connectivity index (χ4n) is 5.43. The third kappa shape index (κ3) is 7.35. The van der Waals surface area contributed by atoms with Gasteiger partial charge in [0.1, 0.15) is 0 Å². The Labute approximate surface area is 183 Å². The monoisotopic (exact) mass is 414 g/mol. The van der Waals surface area contributed by atoms with Crippen LogP contribution in [-0.4, -0.2) is 18.3 Å². The second kappa shape index (κ2) is 12.2. The largest absolute Gasteiger partial charge is 0.374 e. The van der Waals surface area contributed by atoms with Crippen molar-refractivity contribution < 1.29 is 14.2 Å². The maximum absolute atomic E-state index is 6.29. The van der Waals surface area contributed by atoms with Crippen molar-refractivity contribution in [1.29, 1.82) is 0 Å². The molecular weight excluding hydrogens is 372 g/mol. The quantitative estimate of drug-likeness (QED) is 0.426. The van der Waals surface area contributed by atoms with E-state index in [4.69, 9.17) is 14.2 Å². The van der Waals surface area contributed by atoms with Gasteiger partial charge in [-0.05, 0) is 55.2 Å². The Morgan fingerprint density at radius 3 is 0.967 bits per heavy atom. The number of hydrogen-bond acceptors (Lipinski definition) is 3. The number of benzene rings is 1. The van der Waals surface area contributed by atoms with E-state index < -0.39 is 0 Å². The molecule has 1 aromatic carbocycles. The first kappa shape index (κ1) is 22.3. The van der Waals surface area contributed by atoms with Crippen LogP contribution in [0, 0.1) is 0 Å².